The number of carbonyl (C=O) groups excluding carboxylic acids is 1. The average Bonchev–Trinajstić information content (AvgIpc) is 3.05. The monoisotopic (exact) mass is 343 g/mol. The van der Waals surface area contributed by atoms with E-state index in [9.17, 15) is 4.79 Å². The Morgan fingerprint density at radius 2 is 1.92 bits per heavy atom. The van der Waals surface area contributed by atoms with Crippen LogP contribution in [0, 0.1) is 0 Å². The second-order valence-corrected chi connectivity index (χ2v) is 7.22. The van der Waals surface area contributed by atoms with Crippen LogP contribution in [0.15, 0.2) is 42.5 Å². The number of urea groups is 1. The van der Waals surface area contributed by atoms with Gasteiger partial charge in [0.25, 0.3) is 0 Å². The summed E-state index contributed by atoms with van der Waals surface area (Å²) in [7, 11) is 0. The maximum Gasteiger partial charge on any atom is 0.315 e. The molecule has 2 N–H and O–H groups in total. The number of carbonyl (C=O) groups is 1. The van der Waals surface area contributed by atoms with Crippen LogP contribution in [0.25, 0.3) is 0 Å². The van der Waals surface area contributed by atoms with Crippen molar-refractivity contribution in [2.24, 2.45) is 0 Å². The van der Waals surface area contributed by atoms with Crippen LogP contribution in [0.3, 0.4) is 0 Å². The van der Waals surface area contributed by atoms with E-state index in [-0.39, 0.29) is 24.2 Å². The third-order valence-corrected chi connectivity index (χ3v) is 4.95. The van der Waals surface area contributed by atoms with E-state index in [1.165, 1.54) is 5.57 Å². The molecule has 0 bridgehead atoms. The summed E-state index contributed by atoms with van der Waals surface area (Å²) in [6.45, 7) is 9.69. The molecule has 0 unspecified atom stereocenters. The summed E-state index contributed by atoms with van der Waals surface area (Å²) in [5.41, 5.74) is 2.32. The molecule has 2 fully saturated rings. The summed E-state index contributed by atoms with van der Waals surface area (Å²) in [6.07, 6.45) is 2.78. The van der Waals surface area contributed by atoms with Crippen molar-refractivity contribution in [3.63, 3.8) is 0 Å². The van der Waals surface area contributed by atoms with Gasteiger partial charge in [-0.15, -0.1) is 0 Å². The van der Waals surface area contributed by atoms with E-state index in [4.69, 9.17) is 4.74 Å². The first-order valence-corrected chi connectivity index (χ1v) is 9.22. The molecule has 0 spiro atoms. The molecule has 2 atom stereocenters. The Morgan fingerprint density at radius 3 is 2.60 bits per heavy atom. The number of hydrogen-bond acceptors (Lipinski definition) is 3. The summed E-state index contributed by atoms with van der Waals surface area (Å²) >= 11 is 0. The van der Waals surface area contributed by atoms with Crippen LogP contribution < -0.4 is 10.6 Å². The molecule has 136 valence electrons. The number of nitrogens with zero attached hydrogens (tertiary/aromatic N) is 1. The van der Waals surface area contributed by atoms with Gasteiger partial charge < -0.3 is 15.4 Å². The first-order valence-electron chi connectivity index (χ1n) is 9.22. The predicted octanol–water partition coefficient (Wildman–Crippen LogP) is 2.86. The molecule has 5 heteroatoms. The fourth-order valence-electron chi connectivity index (χ4n) is 3.72. The summed E-state index contributed by atoms with van der Waals surface area (Å²) in [4.78, 5) is 14.8. The molecule has 25 heavy (non-hydrogen) atoms. The van der Waals surface area contributed by atoms with Crippen molar-refractivity contribution in [3.05, 3.63) is 48.0 Å². The molecule has 2 heterocycles. The third kappa shape index (κ3) is 5.06. The van der Waals surface area contributed by atoms with Crippen LogP contribution in [-0.2, 0) is 4.74 Å². The standard InChI is InChI=1S/C20H29N3O2/c1-15(2)14-23-11-8-17(9-12-23)21-20(24)22-18-10-13-25-19(18)16-6-4-3-5-7-16/h3-7,17-19H,1,8-14H2,2H3,(H2,21,22,24)/t18-,19-/m0/s1. The minimum absolute atomic E-state index is 0.0332. The minimum atomic E-state index is -0.0743. The third-order valence-electron chi connectivity index (χ3n) is 4.95. The molecular formula is C20H29N3O2. The number of nitrogens with one attached hydrogen (secondary N) is 2. The maximum atomic E-state index is 12.4. The van der Waals surface area contributed by atoms with Crippen molar-refractivity contribution in [3.8, 4) is 0 Å². The van der Waals surface area contributed by atoms with Gasteiger partial charge in [0.15, 0.2) is 0 Å². The molecule has 2 aliphatic heterocycles. The Balaban J connectivity index is 1.46. The number of rotatable bonds is 5. The highest BCUT2D eigenvalue weighted by molar-refractivity contribution is 5.74. The average molecular weight is 343 g/mol. The van der Waals surface area contributed by atoms with Crippen molar-refractivity contribution < 1.29 is 9.53 Å². The van der Waals surface area contributed by atoms with Crippen molar-refractivity contribution in [2.45, 2.75) is 44.4 Å². The summed E-state index contributed by atoms with van der Waals surface area (Å²) in [6, 6.07) is 10.3. The van der Waals surface area contributed by atoms with E-state index >= 15 is 0 Å². The summed E-state index contributed by atoms with van der Waals surface area (Å²) in [5, 5.41) is 6.25. The number of ether oxygens (including phenoxy) is 1. The van der Waals surface area contributed by atoms with Crippen LogP contribution in [0.4, 0.5) is 4.79 Å². The molecule has 5 nitrogen and oxygen atoms in total. The SMILES string of the molecule is C=C(C)CN1CCC(NC(=O)N[C@H]2CCO[C@H]2c2ccccc2)CC1. The zero-order valence-electron chi connectivity index (χ0n) is 15.0. The molecule has 1 aromatic rings. The molecule has 2 aliphatic rings. The Bertz CT molecular complexity index is 582. The Hall–Kier alpha value is -1.85. The number of likely N-dealkylation sites (tertiary alicyclic amines) is 1. The number of hydrogen-bond donors (Lipinski definition) is 2. The first kappa shape index (κ1) is 18.0. The number of piperidine rings is 1. The van der Waals surface area contributed by atoms with Gasteiger partial charge in [-0.05, 0) is 31.7 Å². The predicted molar refractivity (Wildman–Crippen MR) is 99.5 cm³/mol. The Morgan fingerprint density at radius 1 is 1.20 bits per heavy atom. The lowest BCUT2D eigenvalue weighted by Crippen LogP contribution is -2.50. The molecule has 2 saturated heterocycles. The molecule has 3 rings (SSSR count). The van der Waals surface area contributed by atoms with Crippen molar-refractivity contribution in [1.82, 2.24) is 15.5 Å². The van der Waals surface area contributed by atoms with Crippen molar-refractivity contribution in [1.29, 1.82) is 0 Å². The molecule has 0 saturated carbocycles. The van der Waals surface area contributed by atoms with Crippen molar-refractivity contribution >= 4 is 6.03 Å². The van der Waals surface area contributed by atoms with Gasteiger partial charge >= 0.3 is 6.03 Å². The zero-order valence-corrected chi connectivity index (χ0v) is 15.0. The Kier molecular flexibility index (Phi) is 6.10. The van der Waals surface area contributed by atoms with Crippen molar-refractivity contribution in [2.75, 3.05) is 26.2 Å². The van der Waals surface area contributed by atoms with Crippen LogP contribution in [-0.4, -0.2) is 49.3 Å². The molecule has 2 amide bonds. The van der Waals surface area contributed by atoms with E-state index in [0.717, 1.165) is 44.5 Å². The second kappa shape index (κ2) is 8.50. The largest absolute Gasteiger partial charge is 0.371 e. The fraction of sp³-hybridized carbons (Fsp3) is 0.550. The van der Waals surface area contributed by atoms with Gasteiger partial charge in [0.05, 0.1) is 6.04 Å². The quantitative estimate of drug-likeness (QED) is 0.809. The maximum absolute atomic E-state index is 12.4. The van der Waals surface area contributed by atoms with Crippen LogP contribution in [0.2, 0.25) is 0 Å². The highest BCUT2D eigenvalue weighted by Gasteiger charge is 2.31. The van der Waals surface area contributed by atoms with Gasteiger partial charge in [-0.25, -0.2) is 4.79 Å². The van der Waals surface area contributed by atoms with Gasteiger partial charge in [0.1, 0.15) is 6.10 Å². The highest BCUT2D eigenvalue weighted by Crippen LogP contribution is 2.28. The first-order chi connectivity index (χ1) is 12.1. The van der Waals surface area contributed by atoms with E-state index < -0.39 is 0 Å². The normalized spacial score (nSPS) is 24.8. The lowest BCUT2D eigenvalue weighted by molar-refractivity contribution is 0.0996. The fourth-order valence-corrected chi connectivity index (χ4v) is 3.72. The Labute approximate surface area is 150 Å². The van der Waals surface area contributed by atoms with Crippen LogP contribution >= 0.6 is 0 Å². The molecule has 0 aliphatic carbocycles. The van der Waals surface area contributed by atoms with Gasteiger partial charge in [-0.1, -0.05) is 42.5 Å². The minimum Gasteiger partial charge on any atom is -0.371 e. The zero-order chi connectivity index (χ0) is 17.6. The van der Waals surface area contributed by atoms with Gasteiger partial charge in [-0.2, -0.15) is 0 Å². The lowest BCUT2D eigenvalue weighted by Gasteiger charge is -2.32. The number of amides is 2. The van der Waals surface area contributed by atoms with Gasteiger partial charge in [-0.3, -0.25) is 4.90 Å². The summed E-state index contributed by atoms with van der Waals surface area (Å²) in [5.74, 6) is 0. The van der Waals surface area contributed by atoms with Gasteiger partial charge in [0, 0.05) is 32.3 Å². The topological polar surface area (TPSA) is 53.6 Å². The van der Waals surface area contributed by atoms with Gasteiger partial charge in [0.2, 0.25) is 0 Å². The van der Waals surface area contributed by atoms with Crippen LogP contribution in [0.5, 0.6) is 0 Å². The van der Waals surface area contributed by atoms with E-state index in [2.05, 4.69) is 41.2 Å². The number of benzene rings is 1. The second-order valence-electron chi connectivity index (χ2n) is 7.22. The molecule has 0 aromatic heterocycles. The molecule has 0 radical (unpaired) electrons. The lowest BCUT2D eigenvalue weighted by atomic mass is 10.0. The van der Waals surface area contributed by atoms with E-state index in [1.54, 1.807) is 0 Å². The molecular weight excluding hydrogens is 314 g/mol. The van der Waals surface area contributed by atoms with E-state index in [1.807, 2.05) is 18.2 Å². The van der Waals surface area contributed by atoms with E-state index in [0.29, 0.717) is 6.61 Å². The smallest absolute Gasteiger partial charge is 0.315 e. The highest BCUT2D eigenvalue weighted by atomic mass is 16.5. The van der Waals surface area contributed by atoms with Crippen LogP contribution in [0.1, 0.15) is 37.9 Å². The molecule has 1 aromatic carbocycles. The summed E-state index contributed by atoms with van der Waals surface area (Å²) < 4.78 is 5.84.